The van der Waals surface area contributed by atoms with Gasteiger partial charge >= 0.3 is 6.03 Å². The molecule has 0 unspecified atom stereocenters. The first kappa shape index (κ1) is 17.5. The van der Waals surface area contributed by atoms with Gasteiger partial charge in [0.05, 0.1) is 6.04 Å². The molecule has 0 radical (unpaired) electrons. The second-order valence-electron chi connectivity index (χ2n) is 7.35. The van der Waals surface area contributed by atoms with Crippen molar-refractivity contribution >= 4 is 11.9 Å². The third-order valence-electron chi connectivity index (χ3n) is 5.43. The summed E-state index contributed by atoms with van der Waals surface area (Å²) in [6.07, 6.45) is 1.37. The van der Waals surface area contributed by atoms with Crippen LogP contribution in [-0.4, -0.2) is 65.5 Å². The number of amides is 3. The summed E-state index contributed by atoms with van der Waals surface area (Å²) in [7, 11) is 3.42. The van der Waals surface area contributed by atoms with E-state index < -0.39 is 0 Å². The second kappa shape index (κ2) is 6.68. The fourth-order valence-electron chi connectivity index (χ4n) is 4.27. The van der Waals surface area contributed by atoms with Crippen LogP contribution < -0.4 is 0 Å². The molecule has 0 bridgehead atoms. The lowest BCUT2D eigenvalue weighted by atomic mass is 9.89. The van der Waals surface area contributed by atoms with Crippen molar-refractivity contribution in [3.8, 4) is 0 Å². The minimum Gasteiger partial charge on any atom is -0.364 e. The van der Waals surface area contributed by atoms with Crippen LogP contribution in [0.4, 0.5) is 9.18 Å². The van der Waals surface area contributed by atoms with Crippen molar-refractivity contribution in [1.29, 1.82) is 0 Å². The standard InChI is InChI=1S/C19H21FN4O3/c1-22(2)19(26)24-10-13-9-23(18(25)16-6-7-27-21-16)11-15(13)17(24)12-4-3-5-14(20)8-12/h3-8,13,15,17H,9-11H2,1-2H3/t13-,15-,17+/m1/s1. The van der Waals surface area contributed by atoms with Crippen molar-refractivity contribution in [2.45, 2.75) is 6.04 Å². The van der Waals surface area contributed by atoms with Gasteiger partial charge < -0.3 is 19.2 Å². The quantitative estimate of drug-likeness (QED) is 0.811. The number of carbonyl (C=O) groups is 2. The number of rotatable bonds is 2. The Morgan fingerprint density at radius 2 is 2.04 bits per heavy atom. The monoisotopic (exact) mass is 372 g/mol. The van der Waals surface area contributed by atoms with Crippen molar-refractivity contribution < 1.29 is 18.5 Å². The van der Waals surface area contributed by atoms with Crippen LogP contribution in [0.5, 0.6) is 0 Å². The van der Waals surface area contributed by atoms with E-state index in [9.17, 15) is 14.0 Å². The van der Waals surface area contributed by atoms with Crippen LogP contribution in [0.2, 0.25) is 0 Å². The largest absolute Gasteiger partial charge is 0.364 e. The molecule has 8 heteroatoms. The van der Waals surface area contributed by atoms with Gasteiger partial charge in [0, 0.05) is 51.6 Å². The number of carbonyl (C=O) groups excluding carboxylic acids is 2. The van der Waals surface area contributed by atoms with E-state index in [2.05, 4.69) is 5.16 Å². The third-order valence-corrected chi connectivity index (χ3v) is 5.43. The van der Waals surface area contributed by atoms with E-state index in [4.69, 9.17) is 4.52 Å². The van der Waals surface area contributed by atoms with Crippen molar-refractivity contribution in [3.05, 3.63) is 53.7 Å². The summed E-state index contributed by atoms with van der Waals surface area (Å²) in [5, 5.41) is 3.72. The van der Waals surface area contributed by atoms with Crippen molar-refractivity contribution in [1.82, 2.24) is 19.9 Å². The highest BCUT2D eigenvalue weighted by Gasteiger charge is 2.50. The molecule has 7 nitrogen and oxygen atoms in total. The van der Waals surface area contributed by atoms with Crippen molar-refractivity contribution in [3.63, 3.8) is 0 Å². The van der Waals surface area contributed by atoms with Crippen LogP contribution in [0, 0.1) is 17.7 Å². The normalized spacial score (nSPS) is 24.2. The number of likely N-dealkylation sites (tertiary alicyclic amines) is 2. The molecular formula is C19H21FN4O3. The maximum absolute atomic E-state index is 13.8. The average Bonchev–Trinajstić information content (AvgIpc) is 3.35. The number of hydrogen-bond donors (Lipinski definition) is 0. The lowest BCUT2D eigenvalue weighted by Gasteiger charge is -2.31. The smallest absolute Gasteiger partial charge is 0.320 e. The summed E-state index contributed by atoms with van der Waals surface area (Å²) in [4.78, 5) is 30.4. The summed E-state index contributed by atoms with van der Waals surface area (Å²) in [6, 6.07) is 7.54. The molecule has 2 aromatic rings. The van der Waals surface area contributed by atoms with Crippen LogP contribution >= 0.6 is 0 Å². The number of fused-ring (bicyclic) bond motifs is 1. The van der Waals surface area contributed by atoms with Gasteiger partial charge in [0.25, 0.3) is 5.91 Å². The van der Waals surface area contributed by atoms with E-state index in [-0.39, 0.29) is 41.3 Å². The Kier molecular flexibility index (Phi) is 4.33. The summed E-state index contributed by atoms with van der Waals surface area (Å²) in [6.45, 7) is 1.57. The van der Waals surface area contributed by atoms with E-state index in [1.54, 1.807) is 36.0 Å². The first-order chi connectivity index (χ1) is 13.0. The van der Waals surface area contributed by atoms with Gasteiger partial charge in [-0.1, -0.05) is 17.3 Å². The van der Waals surface area contributed by atoms with Gasteiger partial charge in [-0.3, -0.25) is 4.79 Å². The summed E-state index contributed by atoms with van der Waals surface area (Å²) in [5.74, 6) is -0.326. The molecule has 0 aliphatic carbocycles. The molecule has 27 heavy (non-hydrogen) atoms. The highest BCUT2D eigenvalue weighted by molar-refractivity contribution is 5.92. The van der Waals surface area contributed by atoms with E-state index >= 15 is 0 Å². The fourth-order valence-corrected chi connectivity index (χ4v) is 4.27. The van der Waals surface area contributed by atoms with Crippen molar-refractivity contribution in [2.75, 3.05) is 33.7 Å². The van der Waals surface area contributed by atoms with Crippen LogP contribution in [0.3, 0.4) is 0 Å². The maximum Gasteiger partial charge on any atom is 0.320 e. The number of hydrogen-bond acceptors (Lipinski definition) is 4. The van der Waals surface area contributed by atoms with Crippen LogP contribution in [0.1, 0.15) is 22.1 Å². The van der Waals surface area contributed by atoms with Crippen LogP contribution in [-0.2, 0) is 0 Å². The molecule has 0 spiro atoms. The maximum atomic E-state index is 13.8. The Balaban J connectivity index is 1.63. The number of nitrogens with zero attached hydrogens (tertiary/aromatic N) is 4. The zero-order valence-corrected chi connectivity index (χ0v) is 15.2. The highest BCUT2D eigenvalue weighted by Crippen LogP contribution is 2.45. The number of benzene rings is 1. The molecule has 2 aliphatic rings. The Morgan fingerprint density at radius 1 is 1.22 bits per heavy atom. The van der Waals surface area contributed by atoms with Gasteiger partial charge in [-0.25, -0.2) is 9.18 Å². The number of halogens is 1. The molecule has 3 amide bonds. The Bertz CT molecular complexity index is 854. The van der Waals surface area contributed by atoms with E-state index in [1.165, 1.54) is 23.3 Å². The van der Waals surface area contributed by atoms with Crippen LogP contribution in [0.25, 0.3) is 0 Å². The predicted octanol–water partition coefficient (Wildman–Crippen LogP) is 2.24. The summed E-state index contributed by atoms with van der Waals surface area (Å²) >= 11 is 0. The van der Waals surface area contributed by atoms with E-state index in [0.717, 1.165) is 5.56 Å². The molecule has 2 fully saturated rings. The highest BCUT2D eigenvalue weighted by atomic mass is 19.1. The zero-order chi connectivity index (χ0) is 19.1. The average molecular weight is 372 g/mol. The summed E-state index contributed by atoms with van der Waals surface area (Å²) in [5.41, 5.74) is 1.03. The number of aromatic nitrogens is 1. The molecular weight excluding hydrogens is 351 g/mol. The topological polar surface area (TPSA) is 69.9 Å². The molecule has 3 atom stereocenters. The van der Waals surface area contributed by atoms with Gasteiger partial charge in [-0.2, -0.15) is 0 Å². The zero-order valence-electron chi connectivity index (χ0n) is 15.2. The van der Waals surface area contributed by atoms with Gasteiger partial charge in [-0.15, -0.1) is 0 Å². The van der Waals surface area contributed by atoms with E-state index in [0.29, 0.717) is 19.6 Å². The predicted molar refractivity (Wildman–Crippen MR) is 94.3 cm³/mol. The minimum atomic E-state index is -0.332. The molecule has 4 rings (SSSR count). The van der Waals surface area contributed by atoms with E-state index in [1.807, 2.05) is 6.07 Å². The second-order valence-corrected chi connectivity index (χ2v) is 7.35. The van der Waals surface area contributed by atoms with Gasteiger partial charge in [-0.05, 0) is 17.7 Å². The number of urea groups is 1. The van der Waals surface area contributed by atoms with Crippen LogP contribution in [0.15, 0.2) is 41.1 Å². The third kappa shape index (κ3) is 3.05. The fraction of sp³-hybridized carbons (Fsp3) is 0.421. The molecule has 0 N–H and O–H groups in total. The van der Waals surface area contributed by atoms with Gasteiger partial charge in [0.1, 0.15) is 12.1 Å². The molecule has 0 saturated carbocycles. The lowest BCUT2D eigenvalue weighted by molar-refractivity contribution is 0.0756. The SMILES string of the molecule is CN(C)C(=O)N1C[C@H]2CN(C(=O)c3ccon3)C[C@H]2[C@@H]1c1cccc(F)c1. The Labute approximate surface area is 156 Å². The molecule has 3 heterocycles. The summed E-state index contributed by atoms with van der Waals surface area (Å²) < 4.78 is 18.6. The lowest BCUT2D eigenvalue weighted by Crippen LogP contribution is -2.42. The first-order valence-electron chi connectivity index (χ1n) is 8.88. The molecule has 2 aliphatic heterocycles. The Morgan fingerprint density at radius 3 is 2.70 bits per heavy atom. The minimum absolute atomic E-state index is 0.0477. The van der Waals surface area contributed by atoms with Crippen molar-refractivity contribution in [2.24, 2.45) is 11.8 Å². The van der Waals surface area contributed by atoms with Gasteiger partial charge in [0.15, 0.2) is 5.69 Å². The molecule has 1 aromatic heterocycles. The van der Waals surface area contributed by atoms with Gasteiger partial charge in [0.2, 0.25) is 0 Å². The Hall–Kier alpha value is -2.90. The molecule has 2 saturated heterocycles. The molecule has 142 valence electrons. The first-order valence-corrected chi connectivity index (χ1v) is 8.88. The molecule has 1 aromatic carbocycles.